The van der Waals surface area contributed by atoms with Crippen LogP contribution in [0.3, 0.4) is 0 Å². The third-order valence-electron chi connectivity index (χ3n) is 3.16. The number of nitrogens with zero attached hydrogens (tertiary/aromatic N) is 2. The first-order valence-corrected chi connectivity index (χ1v) is 7.49. The highest BCUT2D eigenvalue weighted by molar-refractivity contribution is 7.97. The highest BCUT2D eigenvalue weighted by atomic mass is 32.2. The van der Waals surface area contributed by atoms with E-state index < -0.39 is 4.92 Å². The normalized spacial score (nSPS) is 10.6. The summed E-state index contributed by atoms with van der Waals surface area (Å²) in [6, 6.07) is 4.63. The fraction of sp³-hybridized carbons (Fsp3) is 0.357. The van der Waals surface area contributed by atoms with Crippen molar-refractivity contribution in [3.05, 3.63) is 50.9 Å². The summed E-state index contributed by atoms with van der Waals surface area (Å²) >= 11 is 1.64. The number of nitro groups is 1. The van der Waals surface area contributed by atoms with Gasteiger partial charge < -0.3 is 9.26 Å². The Bertz CT molecular complexity index is 635. The molecule has 1 heterocycles. The van der Waals surface area contributed by atoms with Crippen molar-refractivity contribution in [3.63, 3.8) is 0 Å². The lowest BCUT2D eigenvalue weighted by Gasteiger charge is -2.08. The maximum absolute atomic E-state index is 10.8. The summed E-state index contributed by atoms with van der Waals surface area (Å²) in [5, 5.41) is 14.8. The summed E-state index contributed by atoms with van der Waals surface area (Å²) in [6.45, 7) is 3.78. The van der Waals surface area contributed by atoms with E-state index in [-0.39, 0.29) is 5.69 Å². The van der Waals surface area contributed by atoms with Crippen molar-refractivity contribution in [3.8, 4) is 5.75 Å². The Hall–Kier alpha value is -2.02. The van der Waals surface area contributed by atoms with Crippen LogP contribution in [0.4, 0.5) is 5.69 Å². The molecule has 0 bridgehead atoms. The average Bonchev–Trinajstić information content (AvgIpc) is 2.78. The van der Waals surface area contributed by atoms with Crippen LogP contribution in [0.1, 0.15) is 22.6 Å². The molecule has 0 saturated carbocycles. The molecule has 0 aliphatic rings. The van der Waals surface area contributed by atoms with Crippen molar-refractivity contribution in [1.82, 2.24) is 5.16 Å². The van der Waals surface area contributed by atoms with Crippen LogP contribution in [0.2, 0.25) is 0 Å². The van der Waals surface area contributed by atoms with Crippen LogP contribution < -0.4 is 4.74 Å². The van der Waals surface area contributed by atoms with Crippen LogP contribution in [-0.2, 0) is 11.5 Å². The predicted molar refractivity (Wildman–Crippen MR) is 80.6 cm³/mol. The lowest BCUT2D eigenvalue weighted by molar-refractivity contribution is -0.384. The standard InChI is InChI=1S/C14H16N2O4S/c1-9-13(10(2)20-15-9)8-21-7-11-6-12(16(17)18)4-5-14(11)19-3/h4-6H,7-8H2,1-3H3. The van der Waals surface area contributed by atoms with Gasteiger partial charge in [0.25, 0.3) is 5.69 Å². The Morgan fingerprint density at radius 1 is 1.38 bits per heavy atom. The third kappa shape index (κ3) is 3.55. The summed E-state index contributed by atoms with van der Waals surface area (Å²) in [7, 11) is 1.56. The number of hydrogen-bond acceptors (Lipinski definition) is 6. The topological polar surface area (TPSA) is 78.4 Å². The lowest BCUT2D eigenvalue weighted by Crippen LogP contribution is -1.95. The maximum atomic E-state index is 10.8. The maximum Gasteiger partial charge on any atom is 0.270 e. The number of benzene rings is 1. The second kappa shape index (κ2) is 6.62. The number of non-ortho nitro benzene ring substituents is 1. The molecule has 2 rings (SSSR count). The van der Waals surface area contributed by atoms with Crippen molar-refractivity contribution in [1.29, 1.82) is 0 Å². The molecule has 0 aliphatic heterocycles. The van der Waals surface area contributed by atoms with Gasteiger partial charge in [0.05, 0.1) is 17.7 Å². The van der Waals surface area contributed by atoms with Crippen LogP contribution in [0.25, 0.3) is 0 Å². The van der Waals surface area contributed by atoms with Gasteiger partial charge >= 0.3 is 0 Å². The van der Waals surface area contributed by atoms with Crippen LogP contribution >= 0.6 is 11.8 Å². The molecule has 0 saturated heterocycles. The number of nitro benzene ring substituents is 1. The van der Waals surface area contributed by atoms with Crippen molar-refractivity contribution >= 4 is 17.4 Å². The van der Waals surface area contributed by atoms with Gasteiger partial charge in [-0.15, -0.1) is 0 Å². The molecule has 1 aromatic heterocycles. The predicted octanol–water partition coefficient (Wildman–Crippen LogP) is 3.64. The Morgan fingerprint density at radius 3 is 2.71 bits per heavy atom. The molecular formula is C14H16N2O4S. The molecule has 1 aromatic carbocycles. The molecule has 0 fully saturated rings. The molecule has 0 N–H and O–H groups in total. The number of aryl methyl sites for hydroxylation is 2. The van der Waals surface area contributed by atoms with E-state index in [1.165, 1.54) is 6.07 Å². The summed E-state index contributed by atoms with van der Waals surface area (Å²) in [4.78, 5) is 10.4. The molecule has 6 nitrogen and oxygen atoms in total. The summed E-state index contributed by atoms with van der Waals surface area (Å²) in [6.07, 6.45) is 0. The first-order chi connectivity index (χ1) is 10.0. The van der Waals surface area contributed by atoms with E-state index in [4.69, 9.17) is 9.26 Å². The molecule has 21 heavy (non-hydrogen) atoms. The Labute approximate surface area is 126 Å². The third-order valence-corrected chi connectivity index (χ3v) is 4.17. The fourth-order valence-corrected chi connectivity index (χ4v) is 3.13. The summed E-state index contributed by atoms with van der Waals surface area (Å²) < 4.78 is 10.4. The van der Waals surface area contributed by atoms with Gasteiger partial charge in [-0.1, -0.05) is 5.16 Å². The van der Waals surface area contributed by atoms with E-state index in [1.54, 1.807) is 31.0 Å². The minimum absolute atomic E-state index is 0.0729. The number of methoxy groups -OCH3 is 1. The van der Waals surface area contributed by atoms with Gasteiger partial charge in [-0.2, -0.15) is 11.8 Å². The largest absolute Gasteiger partial charge is 0.496 e. The quantitative estimate of drug-likeness (QED) is 0.599. The second-order valence-corrected chi connectivity index (χ2v) is 5.53. The Morgan fingerprint density at radius 2 is 2.14 bits per heavy atom. The Balaban J connectivity index is 2.08. The zero-order valence-electron chi connectivity index (χ0n) is 12.1. The molecule has 0 amide bonds. The molecule has 112 valence electrons. The molecule has 0 radical (unpaired) electrons. The second-order valence-electron chi connectivity index (χ2n) is 4.55. The molecular weight excluding hydrogens is 292 g/mol. The minimum Gasteiger partial charge on any atom is -0.496 e. The number of thioether (sulfide) groups is 1. The number of aromatic nitrogens is 1. The minimum atomic E-state index is -0.401. The first-order valence-electron chi connectivity index (χ1n) is 6.33. The monoisotopic (exact) mass is 308 g/mol. The highest BCUT2D eigenvalue weighted by Crippen LogP contribution is 2.29. The van der Waals surface area contributed by atoms with Gasteiger partial charge in [-0.25, -0.2) is 0 Å². The van der Waals surface area contributed by atoms with Crippen molar-refractivity contribution < 1.29 is 14.2 Å². The molecule has 7 heteroatoms. The number of ether oxygens (including phenoxy) is 1. The zero-order valence-corrected chi connectivity index (χ0v) is 12.9. The zero-order chi connectivity index (χ0) is 15.4. The van der Waals surface area contributed by atoms with Crippen molar-refractivity contribution in [2.45, 2.75) is 25.4 Å². The molecule has 0 spiro atoms. The van der Waals surface area contributed by atoms with E-state index in [0.717, 1.165) is 28.3 Å². The fourth-order valence-electron chi connectivity index (χ4n) is 1.96. The smallest absolute Gasteiger partial charge is 0.270 e. The van der Waals surface area contributed by atoms with Crippen LogP contribution in [0.15, 0.2) is 22.7 Å². The van der Waals surface area contributed by atoms with Gasteiger partial charge in [-0.05, 0) is 19.9 Å². The van der Waals surface area contributed by atoms with Gasteiger partial charge in [0.15, 0.2) is 0 Å². The lowest BCUT2D eigenvalue weighted by atomic mass is 10.2. The molecule has 0 atom stereocenters. The molecule has 0 aliphatic carbocycles. The SMILES string of the molecule is COc1ccc([N+](=O)[O-])cc1CSCc1c(C)noc1C. The van der Waals surface area contributed by atoms with Gasteiger partial charge in [-0.3, -0.25) is 10.1 Å². The van der Waals surface area contributed by atoms with Gasteiger partial charge in [0.2, 0.25) is 0 Å². The van der Waals surface area contributed by atoms with Crippen LogP contribution in [0, 0.1) is 24.0 Å². The van der Waals surface area contributed by atoms with Gasteiger partial charge in [0, 0.05) is 34.8 Å². The average molecular weight is 308 g/mol. The van der Waals surface area contributed by atoms with E-state index in [1.807, 2.05) is 13.8 Å². The first kappa shape index (κ1) is 15.4. The van der Waals surface area contributed by atoms with Crippen molar-refractivity contribution in [2.24, 2.45) is 0 Å². The van der Waals surface area contributed by atoms with E-state index in [9.17, 15) is 10.1 Å². The molecule has 2 aromatic rings. The van der Waals surface area contributed by atoms with Crippen molar-refractivity contribution in [2.75, 3.05) is 7.11 Å². The Kier molecular flexibility index (Phi) is 4.85. The summed E-state index contributed by atoms with van der Waals surface area (Å²) in [5.74, 6) is 2.83. The summed E-state index contributed by atoms with van der Waals surface area (Å²) in [5.41, 5.74) is 2.84. The van der Waals surface area contributed by atoms with Crippen LogP contribution in [-0.4, -0.2) is 17.2 Å². The van der Waals surface area contributed by atoms with E-state index in [2.05, 4.69) is 5.16 Å². The van der Waals surface area contributed by atoms with Gasteiger partial charge in [0.1, 0.15) is 11.5 Å². The number of hydrogen-bond donors (Lipinski definition) is 0. The van der Waals surface area contributed by atoms with Crippen LogP contribution in [0.5, 0.6) is 5.75 Å². The molecule has 0 unspecified atom stereocenters. The highest BCUT2D eigenvalue weighted by Gasteiger charge is 2.13. The van der Waals surface area contributed by atoms with E-state index in [0.29, 0.717) is 11.5 Å². The number of rotatable bonds is 6. The van der Waals surface area contributed by atoms with E-state index >= 15 is 0 Å².